The molecule has 1 amide bonds. The number of amides is 1. The first-order valence-corrected chi connectivity index (χ1v) is 6.63. The highest BCUT2D eigenvalue weighted by Gasteiger charge is 2.14. The minimum absolute atomic E-state index is 0.0533. The third-order valence-corrected chi connectivity index (χ3v) is 2.91. The van der Waals surface area contributed by atoms with E-state index in [1.54, 1.807) is 0 Å². The van der Waals surface area contributed by atoms with E-state index in [0.717, 1.165) is 25.9 Å². The molecular weight excluding hydrogens is 216 g/mol. The number of nitrogens with one attached hydrogen (secondary N) is 2. The Labute approximate surface area is 105 Å². The number of hydrogen-bond acceptors (Lipinski definition) is 3. The van der Waals surface area contributed by atoms with E-state index >= 15 is 0 Å². The summed E-state index contributed by atoms with van der Waals surface area (Å²) in [4.78, 5) is 11.7. The molecule has 0 heterocycles. The normalized spacial score (nSPS) is 14.7. The summed E-state index contributed by atoms with van der Waals surface area (Å²) in [5, 5.41) is 15.0. The lowest BCUT2D eigenvalue weighted by molar-refractivity contribution is -0.122. The Bertz CT molecular complexity index is 208. The fourth-order valence-corrected chi connectivity index (χ4v) is 1.53. The average molecular weight is 244 g/mol. The van der Waals surface area contributed by atoms with Crippen LogP contribution in [0.2, 0.25) is 0 Å². The largest absolute Gasteiger partial charge is 0.396 e. The van der Waals surface area contributed by atoms with E-state index in [1.165, 1.54) is 0 Å². The number of aliphatic hydroxyl groups excluding tert-OH is 1. The van der Waals surface area contributed by atoms with Crippen molar-refractivity contribution < 1.29 is 9.90 Å². The third kappa shape index (κ3) is 8.16. The van der Waals surface area contributed by atoms with Crippen LogP contribution in [0.4, 0.5) is 0 Å². The monoisotopic (exact) mass is 244 g/mol. The maximum absolute atomic E-state index is 11.7. The van der Waals surface area contributed by atoms with Gasteiger partial charge in [-0.15, -0.1) is 0 Å². The summed E-state index contributed by atoms with van der Waals surface area (Å²) in [6.07, 6.45) is 1.82. The molecule has 0 aliphatic carbocycles. The summed E-state index contributed by atoms with van der Waals surface area (Å²) < 4.78 is 0. The Balaban J connectivity index is 3.82. The minimum atomic E-state index is -0.165. The fraction of sp³-hybridized carbons (Fsp3) is 0.923. The summed E-state index contributed by atoms with van der Waals surface area (Å²) in [6.45, 7) is 9.85. The molecule has 0 spiro atoms. The molecule has 4 nitrogen and oxygen atoms in total. The molecule has 0 radical (unpaired) electrons. The molecule has 3 N–H and O–H groups in total. The molecule has 0 fully saturated rings. The highest BCUT2D eigenvalue weighted by molar-refractivity contribution is 5.81. The Morgan fingerprint density at radius 1 is 1.24 bits per heavy atom. The second-order valence-electron chi connectivity index (χ2n) is 5.06. The van der Waals surface area contributed by atoms with Crippen LogP contribution in [0.15, 0.2) is 0 Å². The van der Waals surface area contributed by atoms with E-state index in [-0.39, 0.29) is 18.6 Å². The van der Waals surface area contributed by atoms with Gasteiger partial charge in [-0.3, -0.25) is 4.79 Å². The Kier molecular flexibility index (Phi) is 9.09. The lowest BCUT2D eigenvalue weighted by Gasteiger charge is -2.19. The molecule has 0 aromatic rings. The number of carbonyl (C=O) groups excluding carboxylic acids is 1. The molecule has 2 unspecified atom stereocenters. The molecule has 4 heteroatoms. The molecule has 0 saturated carbocycles. The number of aliphatic hydroxyl groups is 1. The molecule has 0 aromatic heterocycles. The van der Waals surface area contributed by atoms with Gasteiger partial charge >= 0.3 is 0 Å². The molecule has 0 aromatic carbocycles. The third-order valence-electron chi connectivity index (χ3n) is 2.91. The molecule has 0 saturated heterocycles. The molecule has 0 rings (SSSR count). The van der Waals surface area contributed by atoms with Crippen molar-refractivity contribution in [2.75, 3.05) is 19.7 Å². The smallest absolute Gasteiger partial charge is 0.236 e. The number of carbonyl (C=O) groups is 1. The van der Waals surface area contributed by atoms with E-state index in [2.05, 4.69) is 31.4 Å². The van der Waals surface area contributed by atoms with Gasteiger partial charge in [-0.05, 0) is 31.7 Å². The van der Waals surface area contributed by atoms with E-state index < -0.39 is 0 Å². The molecule has 2 atom stereocenters. The summed E-state index contributed by atoms with van der Waals surface area (Å²) >= 11 is 0. The Hall–Kier alpha value is -0.610. The van der Waals surface area contributed by atoms with Crippen LogP contribution >= 0.6 is 0 Å². The van der Waals surface area contributed by atoms with Gasteiger partial charge in [0.25, 0.3) is 0 Å². The molecular formula is C13H28N2O2. The quantitative estimate of drug-likeness (QED) is 0.570. The van der Waals surface area contributed by atoms with Crippen LogP contribution in [0.5, 0.6) is 0 Å². The van der Waals surface area contributed by atoms with Crippen molar-refractivity contribution in [3.8, 4) is 0 Å². The Morgan fingerprint density at radius 3 is 2.35 bits per heavy atom. The van der Waals surface area contributed by atoms with Crippen LogP contribution < -0.4 is 10.6 Å². The van der Waals surface area contributed by atoms with E-state index in [0.29, 0.717) is 11.8 Å². The molecule has 0 aliphatic rings. The fourth-order valence-electron chi connectivity index (χ4n) is 1.53. The van der Waals surface area contributed by atoms with Gasteiger partial charge in [0.2, 0.25) is 5.91 Å². The molecule has 102 valence electrons. The van der Waals surface area contributed by atoms with Crippen molar-refractivity contribution in [1.29, 1.82) is 0 Å². The van der Waals surface area contributed by atoms with Gasteiger partial charge in [-0.25, -0.2) is 0 Å². The summed E-state index contributed by atoms with van der Waals surface area (Å²) in [7, 11) is 0. The standard InChI is InChI=1S/C13H28N2O2/c1-5-12(6-7-16)9-14-11(4)13(17)15-8-10(2)3/h10-12,14,16H,5-9H2,1-4H3,(H,15,17). The predicted octanol–water partition coefficient (Wildman–Crippen LogP) is 1.15. The maximum Gasteiger partial charge on any atom is 0.236 e. The average Bonchev–Trinajstić information content (AvgIpc) is 2.30. The van der Waals surface area contributed by atoms with Crippen LogP contribution in [-0.4, -0.2) is 36.8 Å². The van der Waals surface area contributed by atoms with Crippen LogP contribution in [0, 0.1) is 11.8 Å². The minimum Gasteiger partial charge on any atom is -0.396 e. The maximum atomic E-state index is 11.7. The predicted molar refractivity (Wildman–Crippen MR) is 70.8 cm³/mol. The van der Waals surface area contributed by atoms with Crippen molar-refractivity contribution in [2.24, 2.45) is 11.8 Å². The van der Waals surface area contributed by atoms with Crippen molar-refractivity contribution in [3.05, 3.63) is 0 Å². The van der Waals surface area contributed by atoms with E-state index in [4.69, 9.17) is 5.11 Å². The van der Waals surface area contributed by atoms with Gasteiger partial charge in [0, 0.05) is 13.2 Å². The second kappa shape index (κ2) is 9.42. The first kappa shape index (κ1) is 16.4. The zero-order valence-electron chi connectivity index (χ0n) is 11.6. The van der Waals surface area contributed by atoms with Crippen LogP contribution in [0.3, 0.4) is 0 Å². The van der Waals surface area contributed by atoms with Gasteiger partial charge in [0.15, 0.2) is 0 Å². The SMILES string of the molecule is CCC(CCO)CNC(C)C(=O)NCC(C)C. The Morgan fingerprint density at radius 2 is 1.88 bits per heavy atom. The topological polar surface area (TPSA) is 61.4 Å². The summed E-state index contributed by atoms with van der Waals surface area (Å²) in [5.74, 6) is 0.974. The summed E-state index contributed by atoms with van der Waals surface area (Å²) in [5.41, 5.74) is 0. The first-order chi connectivity index (χ1) is 8.01. The van der Waals surface area contributed by atoms with Gasteiger partial charge in [0.05, 0.1) is 6.04 Å². The summed E-state index contributed by atoms with van der Waals surface area (Å²) in [6, 6.07) is -0.165. The number of hydrogen-bond donors (Lipinski definition) is 3. The lowest BCUT2D eigenvalue weighted by Crippen LogP contribution is -2.44. The van der Waals surface area contributed by atoms with Crippen molar-refractivity contribution >= 4 is 5.91 Å². The van der Waals surface area contributed by atoms with Crippen molar-refractivity contribution in [2.45, 2.75) is 46.6 Å². The van der Waals surface area contributed by atoms with Gasteiger partial charge in [0.1, 0.15) is 0 Å². The first-order valence-electron chi connectivity index (χ1n) is 6.63. The van der Waals surface area contributed by atoms with Gasteiger partial charge in [-0.2, -0.15) is 0 Å². The van der Waals surface area contributed by atoms with Gasteiger partial charge < -0.3 is 15.7 Å². The van der Waals surface area contributed by atoms with Crippen molar-refractivity contribution in [3.63, 3.8) is 0 Å². The van der Waals surface area contributed by atoms with Crippen LogP contribution in [0.25, 0.3) is 0 Å². The zero-order chi connectivity index (χ0) is 13.3. The highest BCUT2D eigenvalue weighted by Crippen LogP contribution is 2.05. The zero-order valence-corrected chi connectivity index (χ0v) is 11.6. The highest BCUT2D eigenvalue weighted by atomic mass is 16.3. The van der Waals surface area contributed by atoms with Crippen LogP contribution in [0.1, 0.15) is 40.5 Å². The lowest BCUT2D eigenvalue weighted by atomic mass is 10.0. The second-order valence-corrected chi connectivity index (χ2v) is 5.06. The van der Waals surface area contributed by atoms with Crippen molar-refractivity contribution in [1.82, 2.24) is 10.6 Å². The van der Waals surface area contributed by atoms with Gasteiger partial charge in [-0.1, -0.05) is 27.2 Å². The molecule has 0 bridgehead atoms. The van der Waals surface area contributed by atoms with E-state index in [1.807, 2.05) is 6.92 Å². The number of rotatable bonds is 9. The van der Waals surface area contributed by atoms with E-state index in [9.17, 15) is 4.79 Å². The molecule has 0 aliphatic heterocycles. The molecule has 17 heavy (non-hydrogen) atoms. The van der Waals surface area contributed by atoms with Crippen LogP contribution in [-0.2, 0) is 4.79 Å².